The monoisotopic (exact) mass is 314 g/mol. The number of carbonyl (C=O) groups is 1. The van der Waals surface area contributed by atoms with Gasteiger partial charge in [0.2, 0.25) is 0 Å². The Morgan fingerprint density at radius 1 is 0.957 bits per heavy atom. The summed E-state index contributed by atoms with van der Waals surface area (Å²) in [5, 5.41) is 9.04. The first-order valence-corrected chi connectivity index (χ1v) is 6.84. The third-order valence-electron chi connectivity index (χ3n) is 3.32. The van der Waals surface area contributed by atoms with Gasteiger partial charge in [0.1, 0.15) is 24.0 Å². The maximum Gasteiger partial charge on any atom is 0.323 e. The molecule has 0 fully saturated rings. The van der Waals surface area contributed by atoms with Crippen LogP contribution in [0.15, 0.2) is 54.7 Å². The Kier molecular flexibility index (Phi) is 3.89. The lowest BCUT2D eigenvalue weighted by Gasteiger charge is -2.04. The molecule has 0 amide bonds. The van der Waals surface area contributed by atoms with Gasteiger partial charge in [-0.1, -0.05) is 0 Å². The molecule has 0 spiro atoms. The van der Waals surface area contributed by atoms with Gasteiger partial charge in [-0.3, -0.25) is 4.79 Å². The van der Waals surface area contributed by atoms with Crippen LogP contribution in [0.3, 0.4) is 0 Å². The van der Waals surface area contributed by atoms with Crippen molar-refractivity contribution in [3.05, 3.63) is 66.4 Å². The zero-order valence-electron chi connectivity index (χ0n) is 11.9. The summed E-state index contributed by atoms with van der Waals surface area (Å²) in [5.41, 5.74) is 1.78. The number of carboxylic acid groups (broad SMARTS) is 1. The molecule has 0 atom stereocenters. The van der Waals surface area contributed by atoms with E-state index in [1.54, 1.807) is 18.3 Å². The molecule has 1 aromatic heterocycles. The molecule has 6 heteroatoms. The van der Waals surface area contributed by atoms with Gasteiger partial charge in [0.25, 0.3) is 0 Å². The average molecular weight is 314 g/mol. The van der Waals surface area contributed by atoms with Crippen LogP contribution in [-0.4, -0.2) is 20.6 Å². The van der Waals surface area contributed by atoms with E-state index in [1.165, 1.54) is 41.0 Å². The van der Waals surface area contributed by atoms with Crippen molar-refractivity contribution in [1.82, 2.24) is 9.55 Å². The van der Waals surface area contributed by atoms with Crippen LogP contribution in [0.2, 0.25) is 0 Å². The fourth-order valence-electron chi connectivity index (χ4n) is 2.27. The van der Waals surface area contributed by atoms with Gasteiger partial charge in [-0.2, -0.15) is 0 Å². The van der Waals surface area contributed by atoms with E-state index < -0.39 is 5.97 Å². The molecule has 0 radical (unpaired) electrons. The van der Waals surface area contributed by atoms with Crippen molar-refractivity contribution < 1.29 is 18.7 Å². The number of benzene rings is 2. The van der Waals surface area contributed by atoms with E-state index in [4.69, 9.17) is 5.11 Å². The van der Waals surface area contributed by atoms with E-state index in [1.807, 2.05) is 0 Å². The molecule has 0 unspecified atom stereocenters. The van der Waals surface area contributed by atoms with Crippen LogP contribution in [-0.2, 0) is 11.3 Å². The number of hydrogen-bond acceptors (Lipinski definition) is 2. The Hall–Kier alpha value is -3.02. The summed E-state index contributed by atoms with van der Waals surface area (Å²) in [7, 11) is 0. The van der Waals surface area contributed by atoms with E-state index >= 15 is 0 Å². The van der Waals surface area contributed by atoms with Gasteiger partial charge >= 0.3 is 5.97 Å². The third-order valence-corrected chi connectivity index (χ3v) is 3.32. The minimum absolute atomic E-state index is 0.277. The second kappa shape index (κ2) is 6.00. The molecule has 116 valence electrons. The van der Waals surface area contributed by atoms with Crippen molar-refractivity contribution >= 4 is 5.97 Å². The SMILES string of the molecule is O=C(O)Cn1cc(-c2ccc(F)cc2)nc1-c1ccc(F)cc1. The second-order valence-electron chi connectivity index (χ2n) is 4.99. The van der Waals surface area contributed by atoms with Crippen LogP contribution in [0, 0.1) is 11.6 Å². The van der Waals surface area contributed by atoms with Gasteiger partial charge in [0.05, 0.1) is 5.69 Å². The van der Waals surface area contributed by atoms with Gasteiger partial charge in [-0.25, -0.2) is 13.8 Å². The van der Waals surface area contributed by atoms with Crippen molar-refractivity contribution in [3.63, 3.8) is 0 Å². The summed E-state index contributed by atoms with van der Waals surface area (Å²) < 4.78 is 27.6. The fraction of sp³-hybridized carbons (Fsp3) is 0.0588. The largest absolute Gasteiger partial charge is 0.480 e. The lowest BCUT2D eigenvalue weighted by molar-refractivity contribution is -0.137. The quantitative estimate of drug-likeness (QED) is 0.801. The first kappa shape index (κ1) is 14.9. The fourth-order valence-corrected chi connectivity index (χ4v) is 2.27. The minimum Gasteiger partial charge on any atom is -0.480 e. The van der Waals surface area contributed by atoms with Crippen LogP contribution in [0.25, 0.3) is 22.6 Å². The molecule has 1 heterocycles. The Labute approximate surface area is 130 Å². The normalized spacial score (nSPS) is 10.7. The Morgan fingerprint density at radius 2 is 1.48 bits per heavy atom. The number of aliphatic carboxylic acids is 1. The van der Waals surface area contributed by atoms with E-state index in [0.29, 0.717) is 22.6 Å². The molecule has 2 aromatic carbocycles. The van der Waals surface area contributed by atoms with Crippen LogP contribution in [0.4, 0.5) is 8.78 Å². The van der Waals surface area contributed by atoms with Gasteiger partial charge in [-0.05, 0) is 48.5 Å². The first-order chi connectivity index (χ1) is 11.0. The zero-order chi connectivity index (χ0) is 16.4. The molecular formula is C17H12F2N2O2. The smallest absolute Gasteiger partial charge is 0.323 e. The molecule has 1 N–H and O–H groups in total. The highest BCUT2D eigenvalue weighted by Crippen LogP contribution is 2.25. The van der Waals surface area contributed by atoms with Gasteiger partial charge in [0, 0.05) is 17.3 Å². The molecule has 23 heavy (non-hydrogen) atoms. The predicted octanol–water partition coefficient (Wildman–Crippen LogP) is 3.58. The van der Waals surface area contributed by atoms with Crippen molar-refractivity contribution in [2.75, 3.05) is 0 Å². The number of nitrogens with zero attached hydrogens (tertiary/aromatic N) is 2. The summed E-state index contributed by atoms with van der Waals surface area (Å²) in [6.45, 7) is -0.277. The highest BCUT2D eigenvalue weighted by Gasteiger charge is 2.14. The molecule has 0 aliphatic heterocycles. The van der Waals surface area contributed by atoms with Gasteiger partial charge in [-0.15, -0.1) is 0 Å². The lowest BCUT2D eigenvalue weighted by Crippen LogP contribution is -2.09. The molecule has 0 saturated heterocycles. The van der Waals surface area contributed by atoms with Crippen LogP contribution >= 0.6 is 0 Å². The lowest BCUT2D eigenvalue weighted by atomic mass is 10.2. The minimum atomic E-state index is -1.02. The van der Waals surface area contributed by atoms with Crippen molar-refractivity contribution in [2.45, 2.75) is 6.54 Å². The van der Waals surface area contributed by atoms with Crippen LogP contribution < -0.4 is 0 Å². The summed E-state index contributed by atoms with van der Waals surface area (Å²) in [5.74, 6) is -1.36. The second-order valence-corrected chi connectivity index (χ2v) is 4.99. The van der Waals surface area contributed by atoms with Gasteiger partial charge < -0.3 is 9.67 Å². The van der Waals surface area contributed by atoms with Crippen LogP contribution in [0.1, 0.15) is 0 Å². The number of halogens is 2. The standard InChI is InChI=1S/C17H12F2N2O2/c18-13-5-1-11(2-6-13)15-9-21(10-16(22)23)17(20-15)12-3-7-14(19)8-4-12/h1-9H,10H2,(H,22,23). The molecule has 0 saturated carbocycles. The molecule has 0 aliphatic carbocycles. The number of rotatable bonds is 4. The highest BCUT2D eigenvalue weighted by atomic mass is 19.1. The van der Waals surface area contributed by atoms with E-state index in [-0.39, 0.29) is 18.2 Å². The number of aromatic nitrogens is 2. The molecule has 0 bridgehead atoms. The summed E-state index contributed by atoms with van der Waals surface area (Å²) in [6, 6.07) is 11.4. The molecular weight excluding hydrogens is 302 g/mol. The molecule has 3 rings (SSSR count). The Balaban J connectivity index is 2.08. The average Bonchev–Trinajstić information content (AvgIpc) is 2.92. The van der Waals surface area contributed by atoms with Crippen molar-refractivity contribution in [1.29, 1.82) is 0 Å². The molecule has 0 aliphatic rings. The summed E-state index contributed by atoms with van der Waals surface area (Å²) in [6.07, 6.45) is 1.58. The number of carboxylic acids is 1. The highest BCUT2D eigenvalue weighted by molar-refractivity contribution is 5.70. The van der Waals surface area contributed by atoms with E-state index in [2.05, 4.69) is 4.98 Å². The first-order valence-electron chi connectivity index (χ1n) is 6.84. The zero-order valence-corrected chi connectivity index (χ0v) is 11.9. The maximum absolute atomic E-state index is 13.1. The predicted molar refractivity (Wildman–Crippen MR) is 80.7 cm³/mol. The summed E-state index contributed by atoms with van der Waals surface area (Å²) in [4.78, 5) is 15.5. The number of imidazole rings is 1. The van der Waals surface area contributed by atoms with Gasteiger partial charge in [0.15, 0.2) is 0 Å². The molecule has 3 aromatic rings. The number of hydrogen-bond donors (Lipinski definition) is 1. The Morgan fingerprint density at radius 3 is 2.00 bits per heavy atom. The topological polar surface area (TPSA) is 55.1 Å². The molecule has 4 nitrogen and oxygen atoms in total. The van der Waals surface area contributed by atoms with E-state index in [0.717, 1.165) is 0 Å². The van der Waals surface area contributed by atoms with E-state index in [9.17, 15) is 13.6 Å². The third kappa shape index (κ3) is 3.26. The van der Waals surface area contributed by atoms with Crippen LogP contribution in [0.5, 0.6) is 0 Å². The van der Waals surface area contributed by atoms with Crippen molar-refractivity contribution in [2.24, 2.45) is 0 Å². The maximum atomic E-state index is 13.1. The Bertz CT molecular complexity index is 840. The summed E-state index contributed by atoms with van der Waals surface area (Å²) >= 11 is 0. The van der Waals surface area contributed by atoms with Crippen molar-refractivity contribution in [3.8, 4) is 22.6 Å².